The normalized spacial score (nSPS) is 26.7. The molecule has 0 radical (unpaired) electrons. The van der Waals surface area contributed by atoms with Gasteiger partial charge in [-0.3, -0.25) is 0 Å². The van der Waals surface area contributed by atoms with Crippen LogP contribution in [0.1, 0.15) is 114 Å². The molecule has 0 spiro atoms. The summed E-state index contributed by atoms with van der Waals surface area (Å²) in [5.41, 5.74) is -1.40. The number of rotatable bonds is 9. The highest BCUT2D eigenvalue weighted by Crippen LogP contribution is 2.42. The Bertz CT molecular complexity index is 727. The van der Waals surface area contributed by atoms with Crippen molar-refractivity contribution in [2.75, 3.05) is 0 Å². The van der Waals surface area contributed by atoms with Crippen LogP contribution in [-0.2, 0) is 6.18 Å². The summed E-state index contributed by atoms with van der Waals surface area (Å²) >= 11 is 0. The third kappa shape index (κ3) is 7.82. The van der Waals surface area contributed by atoms with Crippen LogP contribution in [0.4, 0.5) is 22.0 Å². The number of unbranched alkanes of at least 4 members (excludes halogenated alkanes) is 2. The Morgan fingerprint density at radius 2 is 1.24 bits per heavy atom. The zero-order valence-corrected chi connectivity index (χ0v) is 19.9. The predicted molar refractivity (Wildman–Crippen MR) is 124 cm³/mol. The van der Waals surface area contributed by atoms with Crippen molar-refractivity contribution >= 4 is 0 Å². The molecule has 0 saturated heterocycles. The molecule has 0 N–H and O–H groups in total. The first-order valence-electron chi connectivity index (χ1n) is 12.9. The second kappa shape index (κ2) is 12.4. The third-order valence-electron chi connectivity index (χ3n) is 8.08. The number of hydrogen-bond acceptors (Lipinski definition) is 0. The summed E-state index contributed by atoms with van der Waals surface area (Å²) in [6, 6.07) is 1.80. The number of hydrogen-bond donors (Lipinski definition) is 0. The summed E-state index contributed by atoms with van der Waals surface area (Å²) in [7, 11) is 0. The molecule has 2 aliphatic carbocycles. The van der Waals surface area contributed by atoms with E-state index >= 15 is 0 Å². The van der Waals surface area contributed by atoms with Crippen LogP contribution in [0.5, 0.6) is 0 Å². The molecule has 2 saturated carbocycles. The Labute approximate surface area is 196 Å². The fraction of sp³-hybridized carbons (Fsp3) is 0.714. The van der Waals surface area contributed by atoms with E-state index in [0.717, 1.165) is 49.7 Å². The summed E-state index contributed by atoms with van der Waals surface area (Å²) < 4.78 is 66.3. The lowest BCUT2D eigenvalue weighted by atomic mass is 9.74. The largest absolute Gasteiger partial charge is 0.422 e. The molecule has 186 valence electrons. The SMILES string of the molecule is CC=CCCCCC1CCC(CCC2CCC(c3cc(F)c(C(F)(F)F)c(F)c3)CC2)CC1. The van der Waals surface area contributed by atoms with E-state index in [4.69, 9.17) is 0 Å². The van der Waals surface area contributed by atoms with Crippen molar-refractivity contribution in [2.45, 2.75) is 109 Å². The molecule has 0 unspecified atom stereocenters. The van der Waals surface area contributed by atoms with Crippen molar-refractivity contribution in [1.82, 2.24) is 0 Å². The van der Waals surface area contributed by atoms with Crippen LogP contribution in [0.25, 0.3) is 0 Å². The summed E-state index contributed by atoms with van der Waals surface area (Å²) in [5.74, 6) is -0.654. The van der Waals surface area contributed by atoms with Gasteiger partial charge >= 0.3 is 6.18 Å². The first-order valence-corrected chi connectivity index (χ1v) is 12.9. The maximum absolute atomic E-state index is 13.9. The fourth-order valence-electron chi connectivity index (χ4n) is 6.03. The molecule has 0 atom stereocenters. The predicted octanol–water partition coefficient (Wildman–Crippen LogP) is 9.98. The highest BCUT2D eigenvalue weighted by atomic mass is 19.4. The molecule has 5 heteroatoms. The molecule has 0 nitrogen and oxygen atoms in total. The molecule has 0 amide bonds. The number of halogens is 5. The van der Waals surface area contributed by atoms with Gasteiger partial charge in [0.15, 0.2) is 0 Å². The van der Waals surface area contributed by atoms with Gasteiger partial charge in [0.25, 0.3) is 0 Å². The van der Waals surface area contributed by atoms with Gasteiger partial charge in [0.2, 0.25) is 0 Å². The van der Waals surface area contributed by atoms with Crippen LogP contribution in [0.2, 0.25) is 0 Å². The van der Waals surface area contributed by atoms with Crippen molar-refractivity contribution in [1.29, 1.82) is 0 Å². The van der Waals surface area contributed by atoms with Crippen LogP contribution in [0.15, 0.2) is 24.3 Å². The van der Waals surface area contributed by atoms with E-state index in [1.807, 2.05) is 0 Å². The first kappa shape index (κ1) is 26.2. The van der Waals surface area contributed by atoms with Crippen molar-refractivity contribution in [2.24, 2.45) is 17.8 Å². The summed E-state index contributed by atoms with van der Waals surface area (Å²) in [6.45, 7) is 2.08. The van der Waals surface area contributed by atoms with Crippen LogP contribution >= 0.6 is 0 Å². The van der Waals surface area contributed by atoms with Gasteiger partial charge in [-0.25, -0.2) is 8.78 Å². The Morgan fingerprint density at radius 3 is 1.73 bits per heavy atom. The molecule has 0 bridgehead atoms. The maximum atomic E-state index is 13.9. The quantitative estimate of drug-likeness (QED) is 0.191. The summed E-state index contributed by atoms with van der Waals surface area (Å²) in [4.78, 5) is 0. The van der Waals surface area contributed by atoms with E-state index in [1.54, 1.807) is 0 Å². The van der Waals surface area contributed by atoms with Crippen molar-refractivity contribution in [3.05, 3.63) is 47.0 Å². The van der Waals surface area contributed by atoms with E-state index in [1.165, 1.54) is 64.2 Å². The minimum absolute atomic E-state index is 0.0456. The molecule has 2 aliphatic rings. The van der Waals surface area contributed by atoms with E-state index in [-0.39, 0.29) is 5.92 Å². The number of benzene rings is 1. The van der Waals surface area contributed by atoms with Crippen LogP contribution in [0, 0.1) is 29.4 Å². The summed E-state index contributed by atoms with van der Waals surface area (Å²) in [6.07, 6.45) is 16.1. The van der Waals surface area contributed by atoms with E-state index < -0.39 is 23.4 Å². The minimum Gasteiger partial charge on any atom is -0.206 e. The molecule has 3 rings (SSSR count). The smallest absolute Gasteiger partial charge is 0.206 e. The minimum atomic E-state index is -5.00. The lowest BCUT2D eigenvalue weighted by molar-refractivity contribution is -0.142. The van der Waals surface area contributed by atoms with Crippen molar-refractivity contribution < 1.29 is 22.0 Å². The van der Waals surface area contributed by atoms with Crippen LogP contribution in [-0.4, -0.2) is 0 Å². The van der Waals surface area contributed by atoms with Gasteiger partial charge in [0, 0.05) is 0 Å². The Kier molecular flexibility index (Phi) is 9.81. The highest BCUT2D eigenvalue weighted by Gasteiger charge is 2.38. The van der Waals surface area contributed by atoms with Gasteiger partial charge in [-0.2, -0.15) is 13.2 Å². The Morgan fingerprint density at radius 1 is 0.758 bits per heavy atom. The second-order valence-electron chi connectivity index (χ2n) is 10.4. The molecule has 33 heavy (non-hydrogen) atoms. The van der Waals surface area contributed by atoms with Gasteiger partial charge in [0.05, 0.1) is 0 Å². The van der Waals surface area contributed by atoms with Gasteiger partial charge in [-0.05, 0) is 86.8 Å². The van der Waals surface area contributed by atoms with Gasteiger partial charge in [0.1, 0.15) is 17.2 Å². The van der Waals surface area contributed by atoms with E-state index in [9.17, 15) is 22.0 Å². The Balaban J connectivity index is 1.36. The fourth-order valence-corrected chi connectivity index (χ4v) is 6.03. The average Bonchev–Trinajstić information content (AvgIpc) is 2.77. The zero-order valence-electron chi connectivity index (χ0n) is 19.9. The zero-order chi connectivity index (χ0) is 23.8. The topological polar surface area (TPSA) is 0 Å². The monoisotopic (exact) mass is 470 g/mol. The standard InChI is InChI=1S/C28H39F5/c1-2-3-4-5-6-7-20-8-10-21(11-9-20)12-13-22-14-16-23(17-15-22)24-18-25(29)27(26(30)19-24)28(31,32)33/h2-3,18-23H,4-17H2,1H3. The molecule has 1 aromatic carbocycles. The second-order valence-corrected chi connectivity index (χ2v) is 10.4. The van der Waals surface area contributed by atoms with E-state index in [0.29, 0.717) is 11.5 Å². The van der Waals surface area contributed by atoms with Crippen LogP contribution < -0.4 is 0 Å². The molecular weight excluding hydrogens is 431 g/mol. The van der Waals surface area contributed by atoms with Crippen LogP contribution in [0.3, 0.4) is 0 Å². The number of allylic oxidation sites excluding steroid dienone is 2. The van der Waals surface area contributed by atoms with Gasteiger partial charge in [-0.15, -0.1) is 0 Å². The molecule has 1 aromatic rings. The molecule has 0 aliphatic heterocycles. The van der Waals surface area contributed by atoms with Gasteiger partial charge < -0.3 is 0 Å². The third-order valence-corrected chi connectivity index (χ3v) is 8.08. The molecular formula is C28H39F5. The van der Waals surface area contributed by atoms with Gasteiger partial charge in [-0.1, -0.05) is 63.5 Å². The first-order chi connectivity index (χ1) is 15.8. The lowest BCUT2D eigenvalue weighted by Gasteiger charge is -2.32. The lowest BCUT2D eigenvalue weighted by Crippen LogP contribution is -2.18. The van der Waals surface area contributed by atoms with E-state index in [2.05, 4.69) is 19.1 Å². The maximum Gasteiger partial charge on any atom is 0.422 e. The Hall–Kier alpha value is -1.39. The molecule has 0 heterocycles. The summed E-state index contributed by atoms with van der Waals surface area (Å²) in [5, 5.41) is 0. The van der Waals surface area contributed by atoms with Crippen molar-refractivity contribution in [3.63, 3.8) is 0 Å². The average molecular weight is 471 g/mol. The highest BCUT2D eigenvalue weighted by molar-refractivity contribution is 5.30. The number of alkyl halides is 3. The molecule has 0 aromatic heterocycles. The van der Waals surface area contributed by atoms with Crippen molar-refractivity contribution in [3.8, 4) is 0 Å². The molecule has 2 fully saturated rings.